The summed E-state index contributed by atoms with van der Waals surface area (Å²) in [7, 11) is 0. The largest absolute Gasteiger partial charge is 0.490 e. The fraction of sp³-hybridized carbons (Fsp3) is 0.300. The van der Waals surface area contributed by atoms with Crippen molar-refractivity contribution in [2.45, 2.75) is 33.3 Å². The van der Waals surface area contributed by atoms with Gasteiger partial charge in [-0.3, -0.25) is 9.59 Å². The summed E-state index contributed by atoms with van der Waals surface area (Å²) in [6, 6.07) is 12.0. The minimum absolute atomic E-state index is 0.0546. The second-order valence-corrected chi connectivity index (χ2v) is 6.95. The molecule has 6 heteroatoms. The Balaban J connectivity index is 2.03. The van der Waals surface area contributed by atoms with Crippen molar-refractivity contribution in [3.05, 3.63) is 58.1 Å². The quantitative estimate of drug-likeness (QED) is 0.688. The molecule has 2 rings (SSSR count). The number of amides is 2. The van der Waals surface area contributed by atoms with Gasteiger partial charge < -0.3 is 15.4 Å². The van der Waals surface area contributed by atoms with Crippen LogP contribution < -0.4 is 15.4 Å². The van der Waals surface area contributed by atoms with E-state index in [9.17, 15) is 9.59 Å². The minimum Gasteiger partial charge on any atom is -0.490 e. The Morgan fingerprint density at radius 3 is 2.27 bits per heavy atom. The van der Waals surface area contributed by atoms with Crippen LogP contribution in [0.4, 0.5) is 5.69 Å². The second-order valence-electron chi connectivity index (χ2n) is 6.10. The van der Waals surface area contributed by atoms with E-state index in [-0.39, 0.29) is 17.9 Å². The van der Waals surface area contributed by atoms with Gasteiger partial charge in [-0.15, -0.1) is 0 Å². The molecule has 0 fully saturated rings. The van der Waals surface area contributed by atoms with Crippen molar-refractivity contribution in [1.82, 2.24) is 5.32 Å². The number of anilines is 1. The first-order valence-corrected chi connectivity index (χ1v) is 9.35. The molecule has 0 heterocycles. The average molecular weight is 419 g/mol. The van der Waals surface area contributed by atoms with Crippen molar-refractivity contribution in [2.75, 3.05) is 11.9 Å². The van der Waals surface area contributed by atoms with Gasteiger partial charge in [0.15, 0.2) is 0 Å². The Morgan fingerprint density at radius 1 is 1.04 bits per heavy atom. The van der Waals surface area contributed by atoms with E-state index >= 15 is 0 Å². The molecule has 2 aromatic rings. The van der Waals surface area contributed by atoms with E-state index < -0.39 is 0 Å². The number of hydrogen-bond acceptors (Lipinski definition) is 3. The highest BCUT2D eigenvalue weighted by atomic mass is 79.9. The van der Waals surface area contributed by atoms with Gasteiger partial charge in [0.25, 0.3) is 11.8 Å². The lowest BCUT2D eigenvalue weighted by Crippen LogP contribution is -2.23. The van der Waals surface area contributed by atoms with Crippen LogP contribution in [-0.2, 0) is 0 Å². The number of carbonyl (C=O) groups is 2. The number of carbonyl (C=O) groups excluding carboxylic acids is 2. The molecule has 138 valence electrons. The van der Waals surface area contributed by atoms with Crippen molar-refractivity contribution in [2.24, 2.45) is 0 Å². The summed E-state index contributed by atoms with van der Waals surface area (Å²) < 4.78 is 6.37. The van der Waals surface area contributed by atoms with Gasteiger partial charge in [-0.05, 0) is 78.7 Å². The summed E-state index contributed by atoms with van der Waals surface area (Å²) in [5, 5.41) is 5.64. The number of ether oxygens (including phenoxy) is 1. The van der Waals surface area contributed by atoms with Crippen LogP contribution in [0, 0.1) is 0 Å². The third-order valence-electron chi connectivity index (χ3n) is 3.50. The first-order chi connectivity index (χ1) is 12.4. The summed E-state index contributed by atoms with van der Waals surface area (Å²) in [4.78, 5) is 24.3. The molecule has 2 N–H and O–H groups in total. The maximum absolute atomic E-state index is 12.4. The van der Waals surface area contributed by atoms with Crippen molar-refractivity contribution in [3.63, 3.8) is 0 Å². The molecule has 0 aromatic heterocycles. The van der Waals surface area contributed by atoms with E-state index in [2.05, 4.69) is 26.6 Å². The molecule has 2 amide bonds. The third-order valence-corrected chi connectivity index (χ3v) is 4.12. The van der Waals surface area contributed by atoms with Gasteiger partial charge in [0, 0.05) is 23.4 Å². The van der Waals surface area contributed by atoms with Gasteiger partial charge in [-0.2, -0.15) is 0 Å². The molecule has 0 saturated carbocycles. The SMILES string of the molecule is CCCNC(=O)c1ccc(NC(=O)c2ccc(OC(C)C)c(Br)c2)cc1. The standard InChI is InChI=1S/C20H23BrN2O3/c1-4-11-22-19(24)14-5-8-16(9-6-14)23-20(25)15-7-10-18(17(21)12-15)26-13(2)3/h5-10,12-13H,4,11H2,1-3H3,(H,22,24)(H,23,25). The van der Waals surface area contributed by atoms with E-state index in [1.165, 1.54) is 0 Å². The van der Waals surface area contributed by atoms with E-state index in [0.29, 0.717) is 29.1 Å². The number of halogens is 1. The lowest BCUT2D eigenvalue weighted by atomic mass is 10.1. The third kappa shape index (κ3) is 5.59. The van der Waals surface area contributed by atoms with Gasteiger partial charge in [0.1, 0.15) is 5.75 Å². The Kier molecular flexibility index (Phi) is 7.21. The van der Waals surface area contributed by atoms with Gasteiger partial charge in [0.2, 0.25) is 0 Å². The van der Waals surface area contributed by atoms with Crippen molar-refractivity contribution in [1.29, 1.82) is 0 Å². The monoisotopic (exact) mass is 418 g/mol. The molecule has 0 unspecified atom stereocenters. The molecular formula is C20H23BrN2O3. The van der Waals surface area contributed by atoms with Crippen LogP contribution in [0.1, 0.15) is 47.9 Å². The molecule has 0 saturated heterocycles. The average Bonchev–Trinajstić information content (AvgIpc) is 2.61. The number of benzene rings is 2. The number of hydrogen-bond donors (Lipinski definition) is 2. The van der Waals surface area contributed by atoms with Crippen molar-refractivity contribution in [3.8, 4) is 5.75 Å². The molecule has 2 aromatic carbocycles. The van der Waals surface area contributed by atoms with Crippen LogP contribution in [0.3, 0.4) is 0 Å². The lowest BCUT2D eigenvalue weighted by molar-refractivity contribution is 0.0953. The van der Waals surface area contributed by atoms with Crippen LogP contribution in [-0.4, -0.2) is 24.5 Å². The van der Waals surface area contributed by atoms with Gasteiger partial charge in [-0.1, -0.05) is 6.92 Å². The number of nitrogens with one attached hydrogen (secondary N) is 2. The van der Waals surface area contributed by atoms with Crippen molar-refractivity contribution < 1.29 is 14.3 Å². The summed E-state index contributed by atoms with van der Waals surface area (Å²) in [6.07, 6.45) is 0.940. The fourth-order valence-corrected chi connectivity index (χ4v) is 2.71. The van der Waals surface area contributed by atoms with Crippen LogP contribution in [0.15, 0.2) is 46.9 Å². The van der Waals surface area contributed by atoms with Crippen molar-refractivity contribution >= 4 is 33.4 Å². The maximum Gasteiger partial charge on any atom is 0.255 e. The molecule has 0 aliphatic carbocycles. The topological polar surface area (TPSA) is 67.4 Å². The second kappa shape index (κ2) is 9.38. The lowest BCUT2D eigenvalue weighted by Gasteiger charge is -2.12. The Labute approximate surface area is 162 Å². The Hall–Kier alpha value is -2.34. The highest BCUT2D eigenvalue weighted by Crippen LogP contribution is 2.27. The van der Waals surface area contributed by atoms with E-state index in [1.54, 1.807) is 42.5 Å². The van der Waals surface area contributed by atoms with Crippen LogP contribution >= 0.6 is 15.9 Å². The van der Waals surface area contributed by atoms with E-state index in [4.69, 9.17) is 4.74 Å². The van der Waals surface area contributed by atoms with Gasteiger partial charge in [-0.25, -0.2) is 0 Å². The smallest absolute Gasteiger partial charge is 0.255 e. The predicted octanol–water partition coefficient (Wildman–Crippen LogP) is 4.63. The van der Waals surface area contributed by atoms with Crippen LogP contribution in [0.5, 0.6) is 5.75 Å². The van der Waals surface area contributed by atoms with Gasteiger partial charge in [0.05, 0.1) is 10.6 Å². The molecule has 5 nitrogen and oxygen atoms in total. The van der Waals surface area contributed by atoms with Gasteiger partial charge >= 0.3 is 0 Å². The normalized spacial score (nSPS) is 10.5. The predicted molar refractivity (Wildman–Crippen MR) is 107 cm³/mol. The zero-order chi connectivity index (χ0) is 19.1. The summed E-state index contributed by atoms with van der Waals surface area (Å²) in [5.74, 6) is 0.346. The fourth-order valence-electron chi connectivity index (χ4n) is 2.24. The molecule has 0 radical (unpaired) electrons. The molecule has 0 atom stereocenters. The van der Waals surface area contributed by atoms with Crippen LogP contribution in [0.25, 0.3) is 0 Å². The first kappa shape index (κ1) is 20.0. The van der Waals surface area contributed by atoms with E-state index in [1.807, 2.05) is 20.8 Å². The zero-order valence-electron chi connectivity index (χ0n) is 15.1. The Bertz CT molecular complexity index is 773. The molecular weight excluding hydrogens is 396 g/mol. The van der Waals surface area contributed by atoms with Crippen LogP contribution in [0.2, 0.25) is 0 Å². The minimum atomic E-state index is -0.231. The molecule has 0 spiro atoms. The van der Waals surface area contributed by atoms with E-state index in [0.717, 1.165) is 10.9 Å². The number of rotatable bonds is 7. The summed E-state index contributed by atoms with van der Waals surface area (Å²) in [5.41, 5.74) is 1.70. The Morgan fingerprint density at radius 2 is 1.69 bits per heavy atom. The summed E-state index contributed by atoms with van der Waals surface area (Å²) >= 11 is 3.43. The molecule has 0 aliphatic heterocycles. The highest BCUT2D eigenvalue weighted by molar-refractivity contribution is 9.10. The molecule has 0 aliphatic rings. The molecule has 0 bridgehead atoms. The summed E-state index contributed by atoms with van der Waals surface area (Å²) in [6.45, 7) is 6.53. The first-order valence-electron chi connectivity index (χ1n) is 8.56. The zero-order valence-corrected chi connectivity index (χ0v) is 16.7. The molecule has 26 heavy (non-hydrogen) atoms. The highest BCUT2D eigenvalue weighted by Gasteiger charge is 2.11. The maximum atomic E-state index is 12.4.